The minimum absolute atomic E-state index is 0.220. The van der Waals surface area contributed by atoms with Crippen LogP contribution < -0.4 is 9.46 Å². The molecule has 2 aromatic rings. The van der Waals surface area contributed by atoms with Gasteiger partial charge >= 0.3 is 6.18 Å². The highest BCUT2D eigenvalue weighted by atomic mass is 32.2. The van der Waals surface area contributed by atoms with E-state index in [4.69, 9.17) is 0 Å². The molecule has 0 unspecified atom stereocenters. The zero-order chi connectivity index (χ0) is 19.5. The van der Waals surface area contributed by atoms with Crippen LogP contribution in [0.5, 0.6) is 5.75 Å². The first-order chi connectivity index (χ1) is 12.0. The molecule has 0 fully saturated rings. The number of nitro benzene ring substituents is 1. The van der Waals surface area contributed by atoms with Gasteiger partial charge in [-0.1, -0.05) is 18.2 Å². The van der Waals surface area contributed by atoms with E-state index in [9.17, 15) is 31.7 Å². The summed E-state index contributed by atoms with van der Waals surface area (Å²) >= 11 is 0. The van der Waals surface area contributed by atoms with E-state index < -0.39 is 33.4 Å². The van der Waals surface area contributed by atoms with E-state index in [1.165, 1.54) is 37.3 Å². The Morgan fingerprint density at radius 3 is 2.46 bits per heavy atom. The molecule has 0 saturated heterocycles. The van der Waals surface area contributed by atoms with Crippen molar-refractivity contribution in [3.8, 4) is 5.75 Å². The van der Waals surface area contributed by atoms with Crippen LogP contribution >= 0.6 is 0 Å². The summed E-state index contributed by atoms with van der Waals surface area (Å²) in [5.41, 5.74) is -0.419. The number of benzene rings is 2. The number of sulfonamides is 1. The molecular weight excluding hydrogens is 377 g/mol. The molecule has 0 radical (unpaired) electrons. The number of hydrogen-bond acceptors (Lipinski definition) is 5. The summed E-state index contributed by atoms with van der Waals surface area (Å²) in [6.07, 6.45) is -4.59. The molecule has 2 rings (SSSR count). The van der Waals surface area contributed by atoms with Gasteiger partial charge < -0.3 is 4.74 Å². The Labute approximate surface area is 146 Å². The summed E-state index contributed by atoms with van der Waals surface area (Å²) in [5.74, 6) is -0.323. The Kier molecular flexibility index (Phi) is 5.40. The van der Waals surface area contributed by atoms with Crippen LogP contribution in [0.25, 0.3) is 0 Å². The second kappa shape index (κ2) is 7.20. The molecule has 0 saturated carbocycles. The number of non-ortho nitro benzene ring substituents is 1. The van der Waals surface area contributed by atoms with Crippen molar-refractivity contribution in [2.75, 3.05) is 11.3 Å². The van der Waals surface area contributed by atoms with Gasteiger partial charge in [-0.05, 0) is 24.6 Å². The molecule has 0 aromatic heterocycles. The quantitative estimate of drug-likeness (QED) is 0.600. The molecule has 0 spiro atoms. The van der Waals surface area contributed by atoms with Crippen molar-refractivity contribution in [2.24, 2.45) is 0 Å². The molecule has 0 atom stereocenters. The molecule has 0 aliphatic rings. The van der Waals surface area contributed by atoms with E-state index in [0.29, 0.717) is 0 Å². The smallest absolute Gasteiger partial charge is 0.422 e. The second-order valence-electron chi connectivity index (χ2n) is 5.21. The van der Waals surface area contributed by atoms with Crippen molar-refractivity contribution < 1.29 is 31.2 Å². The predicted octanol–water partition coefficient (Wildman–Crippen LogP) is 3.65. The highest BCUT2D eigenvalue weighted by Crippen LogP contribution is 2.30. The van der Waals surface area contributed by atoms with Gasteiger partial charge in [-0.15, -0.1) is 0 Å². The highest BCUT2D eigenvalue weighted by Gasteiger charge is 2.29. The number of aryl methyl sites for hydroxylation is 1. The lowest BCUT2D eigenvalue weighted by atomic mass is 10.2. The van der Waals surface area contributed by atoms with E-state index in [1.807, 2.05) is 0 Å². The SMILES string of the molecule is Cc1ccc([N+](=O)[O-])cc1S(=O)(=O)Nc1ccccc1OCC(F)(F)F. The summed E-state index contributed by atoms with van der Waals surface area (Å²) in [6, 6.07) is 8.45. The minimum atomic E-state index is -4.59. The molecule has 1 N–H and O–H groups in total. The van der Waals surface area contributed by atoms with Crippen molar-refractivity contribution in [3.05, 3.63) is 58.1 Å². The van der Waals surface area contributed by atoms with E-state index >= 15 is 0 Å². The van der Waals surface area contributed by atoms with Crippen LogP contribution in [0.15, 0.2) is 47.4 Å². The van der Waals surface area contributed by atoms with Crippen molar-refractivity contribution in [3.63, 3.8) is 0 Å². The van der Waals surface area contributed by atoms with E-state index in [1.54, 1.807) is 0 Å². The lowest BCUT2D eigenvalue weighted by Gasteiger charge is -2.15. The van der Waals surface area contributed by atoms with Gasteiger partial charge in [0.25, 0.3) is 15.7 Å². The lowest BCUT2D eigenvalue weighted by molar-refractivity contribution is -0.385. The minimum Gasteiger partial charge on any atom is -0.482 e. The standard InChI is InChI=1S/C15H13F3N2O5S/c1-10-6-7-11(20(21)22)8-14(10)26(23,24)19-12-4-2-3-5-13(12)25-9-15(16,17)18/h2-8,19H,9H2,1H3. The van der Waals surface area contributed by atoms with E-state index in [0.717, 1.165) is 12.1 Å². The van der Waals surface area contributed by atoms with Crippen molar-refractivity contribution in [1.82, 2.24) is 0 Å². The molecule has 26 heavy (non-hydrogen) atoms. The maximum absolute atomic E-state index is 12.5. The topological polar surface area (TPSA) is 98.5 Å². The molecule has 0 amide bonds. The lowest BCUT2D eigenvalue weighted by Crippen LogP contribution is -2.20. The maximum Gasteiger partial charge on any atom is 0.422 e. The van der Waals surface area contributed by atoms with E-state index in [-0.39, 0.29) is 21.9 Å². The number of nitrogens with one attached hydrogen (secondary N) is 1. The van der Waals surface area contributed by atoms with Gasteiger partial charge in [0.2, 0.25) is 0 Å². The summed E-state index contributed by atoms with van der Waals surface area (Å²) < 4.78 is 68.8. The third-order valence-corrected chi connectivity index (χ3v) is 4.70. The molecule has 0 heterocycles. The number of nitrogens with zero attached hydrogens (tertiary/aromatic N) is 1. The fourth-order valence-electron chi connectivity index (χ4n) is 2.03. The summed E-state index contributed by atoms with van der Waals surface area (Å²) in [5, 5.41) is 10.8. The summed E-state index contributed by atoms with van der Waals surface area (Å²) in [7, 11) is -4.29. The summed E-state index contributed by atoms with van der Waals surface area (Å²) in [4.78, 5) is 9.73. The first-order valence-electron chi connectivity index (χ1n) is 7.06. The van der Waals surface area contributed by atoms with Gasteiger partial charge in [0, 0.05) is 12.1 Å². The molecule has 0 bridgehead atoms. The maximum atomic E-state index is 12.5. The monoisotopic (exact) mass is 390 g/mol. The fourth-order valence-corrected chi connectivity index (χ4v) is 3.36. The molecule has 140 valence electrons. The normalized spacial score (nSPS) is 11.8. The van der Waals surface area contributed by atoms with E-state index in [2.05, 4.69) is 9.46 Å². The molecule has 0 aliphatic heterocycles. The van der Waals surface area contributed by atoms with Crippen LogP contribution in [0.2, 0.25) is 0 Å². The molecule has 11 heteroatoms. The Bertz CT molecular complexity index is 929. The van der Waals surface area contributed by atoms with Crippen LogP contribution in [0, 0.1) is 17.0 Å². The van der Waals surface area contributed by atoms with Crippen LogP contribution in [0.3, 0.4) is 0 Å². The number of halogens is 3. The Balaban J connectivity index is 2.36. The summed E-state index contributed by atoms with van der Waals surface area (Å²) in [6.45, 7) is -0.161. The number of ether oxygens (including phenoxy) is 1. The molecule has 2 aromatic carbocycles. The average Bonchev–Trinajstić information content (AvgIpc) is 2.53. The van der Waals surface area contributed by atoms with Gasteiger partial charge in [-0.25, -0.2) is 8.42 Å². The third kappa shape index (κ3) is 4.85. The predicted molar refractivity (Wildman–Crippen MR) is 86.6 cm³/mol. The number of nitro groups is 1. The van der Waals surface area contributed by atoms with Crippen LogP contribution in [-0.2, 0) is 10.0 Å². The van der Waals surface area contributed by atoms with Crippen molar-refractivity contribution in [1.29, 1.82) is 0 Å². The zero-order valence-electron chi connectivity index (χ0n) is 13.3. The second-order valence-corrected chi connectivity index (χ2v) is 6.86. The number of para-hydroxylation sites is 2. The van der Waals surface area contributed by atoms with Crippen molar-refractivity contribution >= 4 is 21.4 Å². The number of rotatable bonds is 6. The first kappa shape index (κ1) is 19.5. The van der Waals surface area contributed by atoms with Crippen molar-refractivity contribution in [2.45, 2.75) is 18.0 Å². The van der Waals surface area contributed by atoms with Crippen LogP contribution in [-0.4, -0.2) is 26.1 Å². The van der Waals surface area contributed by atoms with Gasteiger partial charge in [0.15, 0.2) is 6.61 Å². The zero-order valence-corrected chi connectivity index (χ0v) is 14.1. The molecule has 7 nitrogen and oxygen atoms in total. The Morgan fingerprint density at radius 2 is 1.85 bits per heavy atom. The highest BCUT2D eigenvalue weighted by molar-refractivity contribution is 7.92. The number of anilines is 1. The average molecular weight is 390 g/mol. The van der Waals surface area contributed by atoms with Gasteiger partial charge in [-0.2, -0.15) is 13.2 Å². The van der Waals surface area contributed by atoms with Gasteiger partial charge in [0.05, 0.1) is 15.5 Å². The van der Waals surface area contributed by atoms with Gasteiger partial charge in [-0.3, -0.25) is 14.8 Å². The third-order valence-electron chi connectivity index (χ3n) is 3.19. The molecule has 0 aliphatic carbocycles. The van der Waals surface area contributed by atoms with Gasteiger partial charge in [0.1, 0.15) is 5.75 Å². The number of alkyl halides is 3. The van der Waals surface area contributed by atoms with Crippen LogP contribution in [0.1, 0.15) is 5.56 Å². The Morgan fingerprint density at radius 1 is 1.19 bits per heavy atom. The first-order valence-corrected chi connectivity index (χ1v) is 8.54. The largest absolute Gasteiger partial charge is 0.482 e. The Hall–Kier alpha value is -2.82. The molecular formula is C15H13F3N2O5S. The number of hydrogen-bond donors (Lipinski definition) is 1. The van der Waals surface area contributed by atoms with Crippen LogP contribution in [0.4, 0.5) is 24.5 Å². The fraction of sp³-hybridized carbons (Fsp3) is 0.200.